The quantitative estimate of drug-likeness (QED) is 0.0473. The van der Waals surface area contributed by atoms with E-state index in [4.69, 9.17) is 18.9 Å². The van der Waals surface area contributed by atoms with Gasteiger partial charge in [-0.25, -0.2) is 0 Å². The number of nitrogens with zero attached hydrogens (tertiary/aromatic N) is 2. The van der Waals surface area contributed by atoms with Gasteiger partial charge in [0.1, 0.15) is 0 Å². The van der Waals surface area contributed by atoms with Gasteiger partial charge >= 0.3 is 11.9 Å². The molecule has 1 saturated carbocycles. The summed E-state index contributed by atoms with van der Waals surface area (Å²) in [6.07, 6.45) is 40.1. The molecular weight excluding hydrogens is 789 g/mol. The van der Waals surface area contributed by atoms with Gasteiger partial charge in [-0.2, -0.15) is 0 Å². The van der Waals surface area contributed by atoms with Gasteiger partial charge in [-0.05, 0) is 50.4 Å². The summed E-state index contributed by atoms with van der Waals surface area (Å²) in [5.74, 6) is 0.660. The molecule has 0 bridgehead atoms. The van der Waals surface area contributed by atoms with Gasteiger partial charge in [0.05, 0.1) is 59.1 Å². The second-order valence-electron chi connectivity index (χ2n) is 19.2. The number of hydrogen-bond donors (Lipinski definition) is 1. The van der Waals surface area contributed by atoms with Crippen molar-refractivity contribution in [1.29, 1.82) is 0 Å². The third-order valence-corrected chi connectivity index (χ3v) is 13.5. The topological polar surface area (TPSA) is 97.8 Å². The molecule has 9 nitrogen and oxygen atoms in total. The fourth-order valence-electron chi connectivity index (χ4n) is 8.91. The molecule has 0 radical (unpaired) electrons. The molecular formula is C54H106N2O7. The van der Waals surface area contributed by atoms with Gasteiger partial charge in [0.2, 0.25) is 0 Å². The molecule has 1 N–H and O–H groups in total. The van der Waals surface area contributed by atoms with Crippen LogP contribution in [0, 0.1) is 11.8 Å². The maximum absolute atomic E-state index is 12.7. The van der Waals surface area contributed by atoms with Crippen molar-refractivity contribution in [3.8, 4) is 0 Å². The van der Waals surface area contributed by atoms with Gasteiger partial charge in [0.15, 0.2) is 0 Å². The summed E-state index contributed by atoms with van der Waals surface area (Å²) in [5.41, 5.74) is 0. The first kappa shape index (κ1) is 59.8. The van der Waals surface area contributed by atoms with Crippen molar-refractivity contribution in [2.75, 3.05) is 79.0 Å². The summed E-state index contributed by atoms with van der Waals surface area (Å²) < 4.78 is 23.5. The molecule has 0 saturated heterocycles. The Hall–Kier alpha value is -1.26. The number of carbonyl (C=O) groups excluding carboxylic acids is 2. The van der Waals surface area contributed by atoms with Crippen LogP contribution < -0.4 is 0 Å². The summed E-state index contributed by atoms with van der Waals surface area (Å²) in [5, 5.41) is 9.80. The van der Waals surface area contributed by atoms with E-state index in [-0.39, 0.29) is 25.0 Å². The van der Waals surface area contributed by atoms with Crippen LogP contribution in [-0.4, -0.2) is 112 Å². The van der Waals surface area contributed by atoms with E-state index in [0.29, 0.717) is 77.0 Å². The second-order valence-corrected chi connectivity index (χ2v) is 19.2. The van der Waals surface area contributed by atoms with E-state index in [9.17, 15) is 14.7 Å². The van der Waals surface area contributed by atoms with Crippen molar-refractivity contribution in [2.24, 2.45) is 11.8 Å². The number of rotatable bonds is 50. The Bertz CT molecular complexity index is 950. The average molecular weight is 895 g/mol. The molecule has 0 aliphatic heterocycles. The molecule has 0 heterocycles. The SMILES string of the molecule is CCCCCCCCC(CCCCCCCC)COC(=O)CCOCCN(CCO)CCN(CCOCCC(=O)OCC(CCCCCCCC)CCCCCCCC)C1CCC1. The Morgan fingerprint density at radius 1 is 0.476 bits per heavy atom. The lowest BCUT2D eigenvalue weighted by atomic mass is 9.91. The zero-order chi connectivity index (χ0) is 45.7. The highest BCUT2D eigenvalue weighted by Crippen LogP contribution is 2.25. The van der Waals surface area contributed by atoms with Crippen LogP contribution in [0.25, 0.3) is 0 Å². The second kappa shape index (κ2) is 45.9. The summed E-state index contributed by atoms with van der Waals surface area (Å²) in [6, 6.07) is 0.572. The van der Waals surface area contributed by atoms with Crippen molar-refractivity contribution in [1.82, 2.24) is 9.80 Å². The largest absolute Gasteiger partial charge is 0.465 e. The maximum atomic E-state index is 12.7. The van der Waals surface area contributed by atoms with Crippen molar-refractivity contribution in [3.63, 3.8) is 0 Å². The number of hydrogen-bond acceptors (Lipinski definition) is 9. The summed E-state index contributed by atoms with van der Waals surface area (Å²) in [6.45, 7) is 16.0. The molecule has 0 amide bonds. The standard InChI is InChI=1S/C54H106N2O7/c1-5-9-13-17-21-25-30-50(31-26-22-18-14-10-6-2)48-62-53(58)36-44-60-46-41-55(40-43-57)38-39-56(52-34-29-35-52)42-47-61-45-37-54(59)63-49-51(32-27-23-19-15-11-7-3)33-28-24-20-16-12-8-4/h50-52,57H,5-49H2,1-4H3. The molecule has 1 rings (SSSR count). The normalized spacial score (nSPS) is 13.2. The first-order valence-electron chi connectivity index (χ1n) is 27.5. The van der Waals surface area contributed by atoms with Crippen LogP contribution >= 0.6 is 0 Å². The van der Waals surface area contributed by atoms with Gasteiger partial charge in [-0.3, -0.25) is 19.4 Å². The van der Waals surface area contributed by atoms with E-state index in [1.807, 2.05) is 0 Å². The monoisotopic (exact) mass is 895 g/mol. The average Bonchev–Trinajstić information content (AvgIpc) is 3.26. The third kappa shape index (κ3) is 37.5. The van der Waals surface area contributed by atoms with E-state index in [2.05, 4.69) is 37.5 Å². The van der Waals surface area contributed by atoms with Gasteiger partial charge in [-0.1, -0.05) is 188 Å². The first-order valence-corrected chi connectivity index (χ1v) is 27.5. The van der Waals surface area contributed by atoms with E-state index in [0.717, 1.165) is 32.5 Å². The maximum Gasteiger partial charge on any atom is 0.308 e. The van der Waals surface area contributed by atoms with Gasteiger partial charge in [-0.15, -0.1) is 0 Å². The Kier molecular flexibility index (Phi) is 43.5. The molecule has 0 aromatic carbocycles. The molecule has 0 aromatic rings. The molecule has 0 atom stereocenters. The number of carbonyl (C=O) groups is 2. The summed E-state index contributed by atoms with van der Waals surface area (Å²) >= 11 is 0. The fraction of sp³-hybridized carbons (Fsp3) is 0.963. The Morgan fingerprint density at radius 2 is 0.857 bits per heavy atom. The van der Waals surface area contributed by atoms with Crippen molar-refractivity contribution < 1.29 is 33.6 Å². The lowest BCUT2D eigenvalue weighted by molar-refractivity contribution is -0.147. The van der Waals surface area contributed by atoms with E-state index in [1.165, 1.54) is 186 Å². The minimum absolute atomic E-state index is 0.104. The highest BCUT2D eigenvalue weighted by atomic mass is 16.5. The van der Waals surface area contributed by atoms with E-state index >= 15 is 0 Å². The summed E-state index contributed by atoms with van der Waals surface area (Å²) in [7, 11) is 0. The van der Waals surface area contributed by atoms with Gasteiger partial charge in [0, 0.05) is 38.8 Å². The van der Waals surface area contributed by atoms with Crippen LogP contribution in [0.5, 0.6) is 0 Å². The number of esters is 2. The highest BCUT2D eigenvalue weighted by Gasteiger charge is 2.25. The Balaban J connectivity index is 2.37. The Morgan fingerprint density at radius 3 is 1.22 bits per heavy atom. The smallest absolute Gasteiger partial charge is 0.308 e. The van der Waals surface area contributed by atoms with E-state index < -0.39 is 0 Å². The molecule has 0 spiro atoms. The molecule has 0 aromatic heterocycles. The number of unbranched alkanes of at least 4 members (excludes halogenated alkanes) is 20. The zero-order valence-electron chi connectivity index (χ0n) is 42.3. The zero-order valence-corrected chi connectivity index (χ0v) is 42.3. The minimum Gasteiger partial charge on any atom is -0.465 e. The van der Waals surface area contributed by atoms with E-state index in [1.54, 1.807) is 0 Å². The molecule has 1 fully saturated rings. The van der Waals surface area contributed by atoms with Crippen LogP contribution in [-0.2, 0) is 28.5 Å². The van der Waals surface area contributed by atoms with Crippen molar-refractivity contribution >= 4 is 11.9 Å². The van der Waals surface area contributed by atoms with Crippen molar-refractivity contribution in [3.05, 3.63) is 0 Å². The molecule has 1 aliphatic carbocycles. The first-order chi connectivity index (χ1) is 31.0. The van der Waals surface area contributed by atoms with Crippen LogP contribution in [0.3, 0.4) is 0 Å². The van der Waals surface area contributed by atoms with Gasteiger partial charge < -0.3 is 24.1 Å². The lowest BCUT2D eigenvalue weighted by Crippen LogP contribution is -2.46. The van der Waals surface area contributed by atoms with Crippen LogP contribution in [0.4, 0.5) is 0 Å². The lowest BCUT2D eigenvalue weighted by Gasteiger charge is -2.38. The summed E-state index contributed by atoms with van der Waals surface area (Å²) in [4.78, 5) is 30.2. The fourth-order valence-corrected chi connectivity index (χ4v) is 8.91. The Labute approximate surface area is 390 Å². The number of ether oxygens (including phenoxy) is 4. The minimum atomic E-state index is -0.153. The molecule has 374 valence electrons. The number of aliphatic hydroxyl groups is 1. The predicted molar refractivity (Wildman–Crippen MR) is 264 cm³/mol. The van der Waals surface area contributed by atoms with Gasteiger partial charge in [0.25, 0.3) is 0 Å². The molecule has 0 unspecified atom stereocenters. The predicted octanol–water partition coefficient (Wildman–Crippen LogP) is 13.3. The van der Waals surface area contributed by atoms with Crippen LogP contribution in [0.1, 0.15) is 240 Å². The highest BCUT2D eigenvalue weighted by molar-refractivity contribution is 5.69. The van der Waals surface area contributed by atoms with Crippen molar-refractivity contribution in [2.45, 2.75) is 246 Å². The van der Waals surface area contributed by atoms with Crippen LogP contribution in [0.2, 0.25) is 0 Å². The number of aliphatic hydroxyl groups excluding tert-OH is 1. The molecule has 9 heteroatoms. The molecule has 63 heavy (non-hydrogen) atoms. The third-order valence-electron chi connectivity index (χ3n) is 13.5. The molecule has 1 aliphatic rings. The van der Waals surface area contributed by atoms with Crippen LogP contribution in [0.15, 0.2) is 0 Å².